The Morgan fingerprint density at radius 1 is 0.917 bits per heavy atom. The first-order valence-electron chi connectivity index (χ1n) is 8.75. The van der Waals surface area contributed by atoms with Crippen LogP contribution >= 0.6 is 0 Å². The summed E-state index contributed by atoms with van der Waals surface area (Å²) in [5.41, 5.74) is 2.82. The van der Waals surface area contributed by atoms with E-state index in [1.807, 2.05) is 71.6 Å². The summed E-state index contributed by atoms with van der Waals surface area (Å²) in [5, 5.41) is 0. The second-order valence-electron chi connectivity index (χ2n) is 6.99. The molecule has 0 saturated carbocycles. The molecule has 0 unspecified atom stereocenters. The second-order valence-corrected chi connectivity index (χ2v) is 6.99. The molecule has 1 amide bonds. The Morgan fingerprint density at radius 3 is 2.04 bits per heavy atom. The predicted molar refractivity (Wildman–Crippen MR) is 100 cm³/mol. The van der Waals surface area contributed by atoms with E-state index >= 15 is 0 Å². The number of likely N-dealkylation sites (tertiary alicyclic amines) is 1. The number of nitrogens with zero attached hydrogens (tertiary/aromatic N) is 1. The lowest BCUT2D eigenvalue weighted by molar-refractivity contribution is -0.127. The summed E-state index contributed by atoms with van der Waals surface area (Å²) in [4.78, 5) is 15.3. The van der Waals surface area contributed by atoms with E-state index in [9.17, 15) is 4.79 Å². The van der Waals surface area contributed by atoms with Gasteiger partial charge in [0.25, 0.3) is 5.91 Å². The molecule has 2 atom stereocenters. The maximum atomic E-state index is 13.3. The second kappa shape index (κ2) is 7.48. The minimum atomic E-state index is 0.142. The first-order valence-corrected chi connectivity index (χ1v) is 8.75. The highest BCUT2D eigenvalue weighted by atomic mass is 16.2. The third kappa shape index (κ3) is 3.94. The van der Waals surface area contributed by atoms with Gasteiger partial charge in [-0.2, -0.15) is 0 Å². The molecular weight excluding hydrogens is 294 g/mol. The van der Waals surface area contributed by atoms with Crippen LogP contribution in [0.4, 0.5) is 0 Å². The number of hydrogen-bond donors (Lipinski definition) is 0. The van der Waals surface area contributed by atoms with Gasteiger partial charge in [0.15, 0.2) is 0 Å². The van der Waals surface area contributed by atoms with Gasteiger partial charge in [-0.15, -0.1) is 0 Å². The molecule has 2 heteroatoms. The number of benzene rings is 2. The van der Waals surface area contributed by atoms with Gasteiger partial charge >= 0.3 is 0 Å². The van der Waals surface area contributed by atoms with Gasteiger partial charge in [0, 0.05) is 18.7 Å². The number of rotatable bonds is 3. The van der Waals surface area contributed by atoms with E-state index < -0.39 is 0 Å². The Bertz CT molecular complexity index is 695. The Morgan fingerprint density at radius 2 is 1.46 bits per heavy atom. The zero-order chi connectivity index (χ0) is 16.9. The fourth-order valence-electron chi connectivity index (χ4n) is 3.60. The summed E-state index contributed by atoms with van der Waals surface area (Å²) < 4.78 is 0. The highest BCUT2D eigenvalue weighted by Crippen LogP contribution is 2.26. The largest absolute Gasteiger partial charge is 0.338 e. The van der Waals surface area contributed by atoms with Crippen molar-refractivity contribution in [1.29, 1.82) is 0 Å². The Hall–Kier alpha value is -2.35. The molecule has 24 heavy (non-hydrogen) atoms. The zero-order valence-corrected chi connectivity index (χ0v) is 14.5. The molecule has 2 aromatic carbocycles. The van der Waals surface area contributed by atoms with Crippen LogP contribution in [0.25, 0.3) is 11.6 Å². The minimum absolute atomic E-state index is 0.142. The first kappa shape index (κ1) is 16.5. The van der Waals surface area contributed by atoms with Crippen LogP contribution in [0.15, 0.2) is 60.7 Å². The molecule has 0 aliphatic carbocycles. The lowest BCUT2D eigenvalue weighted by atomic mass is 9.90. The average Bonchev–Trinajstić information content (AvgIpc) is 2.60. The minimum Gasteiger partial charge on any atom is -0.338 e. The van der Waals surface area contributed by atoms with Gasteiger partial charge < -0.3 is 4.90 Å². The number of hydrogen-bond acceptors (Lipinski definition) is 1. The van der Waals surface area contributed by atoms with Crippen molar-refractivity contribution in [1.82, 2.24) is 4.90 Å². The highest BCUT2D eigenvalue weighted by molar-refractivity contribution is 6.24. The molecule has 0 N–H and O–H groups in total. The molecule has 1 aliphatic heterocycles. The first-order chi connectivity index (χ1) is 11.6. The van der Waals surface area contributed by atoms with Gasteiger partial charge in [0.2, 0.25) is 0 Å². The topological polar surface area (TPSA) is 20.3 Å². The third-order valence-electron chi connectivity index (χ3n) is 4.58. The van der Waals surface area contributed by atoms with Crippen LogP contribution in [-0.2, 0) is 4.79 Å². The summed E-state index contributed by atoms with van der Waals surface area (Å²) >= 11 is 0. The molecule has 2 nitrogen and oxygen atoms in total. The summed E-state index contributed by atoms with van der Waals surface area (Å²) in [7, 11) is 0. The lowest BCUT2D eigenvalue weighted by Crippen LogP contribution is -2.42. The number of piperidine rings is 1. The van der Waals surface area contributed by atoms with Crippen molar-refractivity contribution in [3.05, 3.63) is 71.8 Å². The Labute approximate surface area is 144 Å². The van der Waals surface area contributed by atoms with E-state index in [-0.39, 0.29) is 5.91 Å². The number of carbonyl (C=O) groups is 1. The summed E-state index contributed by atoms with van der Waals surface area (Å²) in [6, 6.07) is 20.1. The lowest BCUT2D eigenvalue weighted by Gasteiger charge is -2.35. The van der Waals surface area contributed by atoms with E-state index in [1.54, 1.807) is 0 Å². The van der Waals surface area contributed by atoms with Gasteiger partial charge in [-0.25, -0.2) is 0 Å². The predicted octanol–water partition coefficient (Wildman–Crippen LogP) is 4.73. The maximum Gasteiger partial charge on any atom is 0.254 e. The Kier molecular flexibility index (Phi) is 5.14. The van der Waals surface area contributed by atoms with Crippen LogP contribution in [0.1, 0.15) is 31.4 Å². The number of carbonyl (C=O) groups excluding carboxylic acids is 1. The fraction of sp³-hybridized carbons (Fsp3) is 0.318. The molecule has 1 fully saturated rings. The molecule has 0 radical (unpaired) electrons. The molecule has 1 saturated heterocycles. The van der Waals surface area contributed by atoms with Crippen molar-refractivity contribution in [3.63, 3.8) is 0 Å². The molecule has 0 spiro atoms. The molecule has 2 aromatic rings. The van der Waals surface area contributed by atoms with Gasteiger partial charge in [0.05, 0.1) is 0 Å². The van der Waals surface area contributed by atoms with Crippen molar-refractivity contribution < 1.29 is 4.79 Å². The Balaban J connectivity index is 1.96. The van der Waals surface area contributed by atoms with Crippen molar-refractivity contribution in [3.8, 4) is 0 Å². The molecule has 3 rings (SSSR count). The van der Waals surface area contributed by atoms with Crippen molar-refractivity contribution in [2.45, 2.75) is 20.3 Å². The highest BCUT2D eigenvalue weighted by Gasteiger charge is 2.27. The van der Waals surface area contributed by atoms with Crippen LogP contribution in [0.3, 0.4) is 0 Å². The summed E-state index contributed by atoms with van der Waals surface area (Å²) in [6.45, 7) is 6.17. The van der Waals surface area contributed by atoms with E-state index in [4.69, 9.17) is 0 Å². The smallest absolute Gasteiger partial charge is 0.254 e. The molecular formula is C22H25NO. The van der Waals surface area contributed by atoms with Crippen LogP contribution in [0.2, 0.25) is 0 Å². The summed E-state index contributed by atoms with van der Waals surface area (Å²) in [6.07, 6.45) is 3.22. The number of amides is 1. The van der Waals surface area contributed by atoms with Gasteiger partial charge in [-0.3, -0.25) is 4.79 Å². The van der Waals surface area contributed by atoms with Gasteiger partial charge in [-0.1, -0.05) is 74.5 Å². The van der Waals surface area contributed by atoms with E-state index in [0.29, 0.717) is 11.8 Å². The standard InChI is InChI=1S/C22H25NO/c1-17-13-18(2)16-23(15-17)22(24)21(20-11-7-4-8-12-20)14-19-9-5-3-6-10-19/h3-12,14,17-18H,13,15-16H2,1-2H3/b21-14-/t17-,18-/m1/s1. The average molecular weight is 319 g/mol. The van der Waals surface area contributed by atoms with Crippen LogP contribution in [0, 0.1) is 11.8 Å². The monoisotopic (exact) mass is 319 g/mol. The van der Waals surface area contributed by atoms with Crippen LogP contribution in [0.5, 0.6) is 0 Å². The molecule has 0 aromatic heterocycles. The van der Waals surface area contributed by atoms with Crippen molar-refractivity contribution >= 4 is 17.6 Å². The van der Waals surface area contributed by atoms with E-state index in [0.717, 1.165) is 29.8 Å². The zero-order valence-electron chi connectivity index (χ0n) is 14.5. The van der Waals surface area contributed by atoms with Crippen LogP contribution in [-0.4, -0.2) is 23.9 Å². The fourth-order valence-corrected chi connectivity index (χ4v) is 3.60. The van der Waals surface area contributed by atoms with Gasteiger partial charge in [0.1, 0.15) is 0 Å². The van der Waals surface area contributed by atoms with Gasteiger partial charge in [-0.05, 0) is 35.5 Å². The van der Waals surface area contributed by atoms with Crippen molar-refractivity contribution in [2.24, 2.45) is 11.8 Å². The molecule has 1 heterocycles. The molecule has 0 bridgehead atoms. The summed E-state index contributed by atoms with van der Waals surface area (Å²) in [5.74, 6) is 1.27. The van der Waals surface area contributed by atoms with E-state index in [1.165, 1.54) is 6.42 Å². The third-order valence-corrected chi connectivity index (χ3v) is 4.58. The molecule has 124 valence electrons. The van der Waals surface area contributed by atoms with E-state index in [2.05, 4.69) is 13.8 Å². The quantitative estimate of drug-likeness (QED) is 0.591. The molecule has 1 aliphatic rings. The maximum absolute atomic E-state index is 13.3. The SMILES string of the molecule is C[C@@H]1C[C@@H](C)CN(C(=O)/C(=C\c2ccccc2)c2ccccc2)C1. The van der Waals surface area contributed by atoms with Crippen molar-refractivity contribution in [2.75, 3.05) is 13.1 Å². The van der Waals surface area contributed by atoms with Crippen LogP contribution < -0.4 is 0 Å². The normalized spacial score (nSPS) is 21.6.